The topological polar surface area (TPSA) is 24.9 Å². The average Bonchev–Trinajstić information content (AvgIpc) is 2.40. The van der Waals surface area contributed by atoms with Gasteiger partial charge >= 0.3 is 0 Å². The minimum atomic E-state index is -0.300. The lowest BCUT2D eigenvalue weighted by atomic mass is 10.0. The molecule has 2 rings (SSSR count). The van der Waals surface area contributed by atoms with Gasteiger partial charge in [0.25, 0.3) is 0 Å². The Hall–Kier alpha value is -0.490. The molecule has 0 saturated heterocycles. The summed E-state index contributed by atoms with van der Waals surface area (Å²) < 4.78 is 15.6. The number of aromatic nitrogens is 1. The molecule has 0 aliphatic carbocycles. The van der Waals surface area contributed by atoms with Gasteiger partial charge < -0.3 is 5.32 Å². The molecule has 6 heteroatoms. The Bertz CT molecular complexity index is 602. The number of rotatable bonds is 4. The predicted octanol–water partition coefficient (Wildman–Crippen LogP) is 4.90. The second-order valence-electron chi connectivity index (χ2n) is 4.27. The largest absolute Gasteiger partial charge is 0.311 e. The van der Waals surface area contributed by atoms with Crippen LogP contribution in [0.2, 0.25) is 5.02 Å². The highest BCUT2D eigenvalue weighted by molar-refractivity contribution is 9.11. The van der Waals surface area contributed by atoms with Crippen LogP contribution in [0, 0.1) is 5.82 Å². The Labute approximate surface area is 139 Å². The van der Waals surface area contributed by atoms with E-state index in [-0.39, 0.29) is 11.9 Å². The predicted molar refractivity (Wildman–Crippen MR) is 86.6 cm³/mol. The zero-order valence-corrected chi connectivity index (χ0v) is 14.6. The van der Waals surface area contributed by atoms with Crippen molar-refractivity contribution in [2.75, 3.05) is 7.05 Å². The molecule has 1 aromatic carbocycles. The van der Waals surface area contributed by atoms with Crippen molar-refractivity contribution < 1.29 is 4.39 Å². The van der Waals surface area contributed by atoms with Crippen molar-refractivity contribution in [3.63, 3.8) is 0 Å². The number of benzene rings is 1. The van der Waals surface area contributed by atoms with Gasteiger partial charge in [0.1, 0.15) is 5.82 Å². The number of hydrogen-bond acceptors (Lipinski definition) is 2. The van der Waals surface area contributed by atoms with E-state index in [2.05, 4.69) is 42.2 Å². The number of likely N-dealkylation sites (N-methyl/N-ethyl adjacent to an activating group) is 1. The van der Waals surface area contributed by atoms with E-state index in [9.17, 15) is 4.39 Å². The second-order valence-corrected chi connectivity index (χ2v) is 6.44. The maximum atomic E-state index is 13.9. The molecule has 2 aromatic rings. The summed E-state index contributed by atoms with van der Waals surface area (Å²) in [6.45, 7) is 0. The van der Waals surface area contributed by atoms with Crippen LogP contribution in [-0.4, -0.2) is 12.0 Å². The van der Waals surface area contributed by atoms with Crippen LogP contribution in [0.5, 0.6) is 0 Å². The number of nitrogens with one attached hydrogen (secondary N) is 1. The van der Waals surface area contributed by atoms with Gasteiger partial charge in [0.15, 0.2) is 0 Å². The van der Waals surface area contributed by atoms with Gasteiger partial charge in [0.05, 0.1) is 11.7 Å². The van der Waals surface area contributed by atoms with Crippen molar-refractivity contribution >= 4 is 43.5 Å². The molecule has 0 bridgehead atoms. The van der Waals surface area contributed by atoms with Gasteiger partial charge in [-0.1, -0.05) is 17.7 Å². The standard InChI is InChI=1S/C14H12Br2ClFN2/c1-19-13(14-10(16)5-8(15)7-20-14)6-9-11(17)3-2-4-12(9)18/h2-5,7,13,19H,6H2,1H3. The molecule has 1 aromatic heterocycles. The summed E-state index contributed by atoms with van der Waals surface area (Å²) >= 11 is 12.9. The minimum Gasteiger partial charge on any atom is -0.311 e. The Morgan fingerprint density at radius 1 is 1.40 bits per heavy atom. The monoisotopic (exact) mass is 420 g/mol. The van der Waals surface area contributed by atoms with E-state index >= 15 is 0 Å². The zero-order valence-electron chi connectivity index (χ0n) is 10.6. The third-order valence-electron chi connectivity index (χ3n) is 2.98. The van der Waals surface area contributed by atoms with E-state index in [0.29, 0.717) is 17.0 Å². The van der Waals surface area contributed by atoms with E-state index in [1.807, 2.05) is 13.1 Å². The van der Waals surface area contributed by atoms with Crippen molar-refractivity contribution in [3.8, 4) is 0 Å². The number of halogens is 4. The molecule has 0 aliphatic heterocycles. The summed E-state index contributed by atoms with van der Waals surface area (Å²) in [5, 5.41) is 3.58. The second kappa shape index (κ2) is 6.98. The summed E-state index contributed by atoms with van der Waals surface area (Å²) in [7, 11) is 1.82. The SMILES string of the molecule is CNC(Cc1c(F)cccc1Cl)c1ncc(Br)cc1Br. The molecule has 0 aliphatic rings. The molecule has 0 fully saturated rings. The molecule has 2 nitrogen and oxygen atoms in total. The van der Waals surface area contributed by atoms with Crippen LogP contribution in [0.1, 0.15) is 17.3 Å². The highest BCUT2D eigenvalue weighted by Crippen LogP contribution is 2.29. The molecular weight excluding hydrogens is 410 g/mol. The smallest absolute Gasteiger partial charge is 0.127 e. The van der Waals surface area contributed by atoms with Crippen molar-refractivity contribution in [1.29, 1.82) is 0 Å². The summed E-state index contributed by atoms with van der Waals surface area (Å²) in [5.41, 5.74) is 1.31. The maximum absolute atomic E-state index is 13.9. The summed E-state index contributed by atoms with van der Waals surface area (Å²) in [6.07, 6.45) is 2.14. The van der Waals surface area contributed by atoms with E-state index in [1.54, 1.807) is 18.3 Å². The van der Waals surface area contributed by atoms with Crippen LogP contribution < -0.4 is 5.32 Å². The fourth-order valence-corrected chi connectivity index (χ4v) is 3.45. The van der Waals surface area contributed by atoms with Gasteiger partial charge in [-0.3, -0.25) is 4.98 Å². The first-order valence-electron chi connectivity index (χ1n) is 5.94. The molecular formula is C14H12Br2ClFN2. The van der Waals surface area contributed by atoms with Gasteiger partial charge in [-0.2, -0.15) is 0 Å². The van der Waals surface area contributed by atoms with E-state index < -0.39 is 0 Å². The zero-order chi connectivity index (χ0) is 14.7. The fourth-order valence-electron chi connectivity index (χ4n) is 1.95. The minimum absolute atomic E-state index is 0.133. The Kier molecular flexibility index (Phi) is 5.55. The van der Waals surface area contributed by atoms with E-state index in [4.69, 9.17) is 11.6 Å². The number of nitrogens with zero attached hydrogens (tertiary/aromatic N) is 1. The molecule has 1 N–H and O–H groups in total. The fraction of sp³-hybridized carbons (Fsp3) is 0.214. The third-order valence-corrected chi connectivity index (χ3v) is 4.41. The third kappa shape index (κ3) is 3.58. The molecule has 0 spiro atoms. The molecule has 0 radical (unpaired) electrons. The van der Waals surface area contributed by atoms with Crippen LogP contribution >= 0.6 is 43.5 Å². The lowest BCUT2D eigenvalue weighted by Gasteiger charge is -2.18. The molecule has 1 unspecified atom stereocenters. The quantitative estimate of drug-likeness (QED) is 0.758. The van der Waals surface area contributed by atoms with Gasteiger partial charge in [-0.25, -0.2) is 4.39 Å². The average molecular weight is 423 g/mol. The Morgan fingerprint density at radius 2 is 2.15 bits per heavy atom. The molecule has 1 heterocycles. The van der Waals surface area contributed by atoms with Crippen molar-refractivity contribution in [2.24, 2.45) is 0 Å². The number of hydrogen-bond donors (Lipinski definition) is 1. The van der Waals surface area contributed by atoms with Crippen LogP contribution in [0.25, 0.3) is 0 Å². The van der Waals surface area contributed by atoms with Gasteiger partial charge in [0, 0.05) is 25.7 Å². The maximum Gasteiger partial charge on any atom is 0.127 e. The lowest BCUT2D eigenvalue weighted by molar-refractivity contribution is 0.543. The van der Waals surface area contributed by atoms with Crippen molar-refractivity contribution in [3.05, 3.63) is 61.5 Å². The highest BCUT2D eigenvalue weighted by atomic mass is 79.9. The lowest BCUT2D eigenvalue weighted by Crippen LogP contribution is -2.21. The molecule has 20 heavy (non-hydrogen) atoms. The number of pyridine rings is 1. The van der Waals surface area contributed by atoms with Crippen LogP contribution in [-0.2, 0) is 6.42 Å². The Balaban J connectivity index is 2.34. The van der Waals surface area contributed by atoms with E-state index in [1.165, 1.54) is 6.07 Å². The molecule has 0 saturated carbocycles. The van der Waals surface area contributed by atoms with Crippen molar-refractivity contribution in [2.45, 2.75) is 12.5 Å². The normalized spacial score (nSPS) is 12.4. The molecule has 106 valence electrons. The first-order valence-corrected chi connectivity index (χ1v) is 7.90. The highest BCUT2D eigenvalue weighted by Gasteiger charge is 2.18. The van der Waals surface area contributed by atoms with E-state index in [0.717, 1.165) is 14.6 Å². The van der Waals surface area contributed by atoms with Gasteiger partial charge in [-0.15, -0.1) is 0 Å². The van der Waals surface area contributed by atoms with Crippen molar-refractivity contribution in [1.82, 2.24) is 10.3 Å². The first-order chi connectivity index (χ1) is 9.52. The molecule has 0 amide bonds. The van der Waals surface area contributed by atoms with Gasteiger partial charge in [0.2, 0.25) is 0 Å². The van der Waals surface area contributed by atoms with Crippen LogP contribution in [0.15, 0.2) is 39.4 Å². The van der Waals surface area contributed by atoms with Crippen LogP contribution in [0.3, 0.4) is 0 Å². The summed E-state index contributed by atoms with van der Waals surface area (Å²) in [5.74, 6) is -0.300. The van der Waals surface area contributed by atoms with Crippen LogP contribution in [0.4, 0.5) is 4.39 Å². The molecule has 1 atom stereocenters. The Morgan fingerprint density at radius 3 is 2.75 bits per heavy atom. The summed E-state index contributed by atoms with van der Waals surface area (Å²) in [4.78, 5) is 4.38. The first kappa shape index (κ1) is 15.9. The van der Waals surface area contributed by atoms with Gasteiger partial charge in [-0.05, 0) is 63.5 Å². The summed E-state index contributed by atoms with van der Waals surface area (Å²) in [6, 6.07) is 6.49.